The fourth-order valence-electron chi connectivity index (χ4n) is 7.39. The van der Waals surface area contributed by atoms with Crippen molar-refractivity contribution in [3.8, 4) is 0 Å². The third-order valence-corrected chi connectivity index (χ3v) is 9.37. The van der Waals surface area contributed by atoms with Gasteiger partial charge in [0.1, 0.15) is 0 Å². The van der Waals surface area contributed by atoms with Gasteiger partial charge in [-0.2, -0.15) is 0 Å². The second-order valence-electron chi connectivity index (χ2n) is 11.1. The summed E-state index contributed by atoms with van der Waals surface area (Å²) in [6.07, 6.45) is 9.11. The monoisotopic (exact) mass is 462 g/mol. The van der Waals surface area contributed by atoms with E-state index in [1.807, 2.05) is 0 Å². The molecule has 8 heteroatoms. The fraction of sp³-hybridized carbons (Fsp3) is 0.800. The highest BCUT2D eigenvalue weighted by molar-refractivity contribution is 5.96. The average Bonchev–Trinajstić information content (AvgIpc) is 3.06. The van der Waals surface area contributed by atoms with E-state index >= 15 is 0 Å². The summed E-state index contributed by atoms with van der Waals surface area (Å²) >= 11 is 0. The number of carbonyl (C=O) groups excluding carboxylic acids is 1. The lowest BCUT2D eigenvalue weighted by atomic mass is 9.47. The maximum absolute atomic E-state index is 12.0. The second-order valence-corrected chi connectivity index (χ2v) is 11.1. The first-order valence-corrected chi connectivity index (χ1v) is 12.3. The minimum Gasteiger partial charge on any atom is -0.480 e. The second kappa shape index (κ2) is 9.02. The molecule has 0 aromatic carbocycles. The molecule has 0 bridgehead atoms. The molecule has 0 spiro atoms. The van der Waals surface area contributed by atoms with E-state index in [4.69, 9.17) is 9.94 Å². The summed E-state index contributed by atoms with van der Waals surface area (Å²) in [4.78, 5) is 28.3. The highest BCUT2D eigenvalue weighted by Gasteiger charge is 2.58. The number of rotatable bonds is 6. The van der Waals surface area contributed by atoms with Crippen LogP contribution in [0.5, 0.6) is 0 Å². The van der Waals surface area contributed by atoms with Gasteiger partial charge in [-0.3, -0.25) is 4.79 Å². The molecule has 0 radical (unpaired) electrons. The molecule has 3 saturated carbocycles. The topological polar surface area (TPSA) is 128 Å². The number of hydrogen-bond donors (Lipinski definition) is 4. The molecule has 0 aromatic heterocycles. The number of hydrogen-bond acceptors (Lipinski definition) is 6. The van der Waals surface area contributed by atoms with Crippen LogP contribution in [-0.4, -0.2) is 57.8 Å². The molecular weight excluding hydrogens is 424 g/mol. The number of carboxylic acids is 1. The van der Waals surface area contributed by atoms with Gasteiger partial charge in [0, 0.05) is 0 Å². The van der Waals surface area contributed by atoms with E-state index < -0.39 is 30.6 Å². The Morgan fingerprint density at radius 2 is 1.94 bits per heavy atom. The molecule has 0 aromatic rings. The van der Waals surface area contributed by atoms with Crippen LogP contribution in [0.4, 0.5) is 0 Å². The van der Waals surface area contributed by atoms with E-state index in [1.54, 1.807) is 0 Å². The van der Waals surface area contributed by atoms with Gasteiger partial charge in [-0.05, 0) is 93.0 Å². The van der Waals surface area contributed by atoms with Gasteiger partial charge in [0.25, 0.3) is 5.91 Å². The molecule has 8 nitrogen and oxygen atoms in total. The number of carbonyl (C=O) groups is 2. The maximum Gasteiger partial charge on any atom is 0.328 e. The Hall–Kier alpha value is -1.93. The van der Waals surface area contributed by atoms with Crippen LogP contribution < -0.4 is 5.32 Å². The molecule has 3 fully saturated rings. The minimum absolute atomic E-state index is 0.0852. The summed E-state index contributed by atoms with van der Waals surface area (Å²) in [7, 11) is 0. The molecule has 0 heterocycles. The van der Waals surface area contributed by atoms with Gasteiger partial charge in [0.15, 0.2) is 12.6 Å². The van der Waals surface area contributed by atoms with Crippen LogP contribution in [0.15, 0.2) is 16.8 Å². The SMILES string of the molecule is C[C@H](O)[C@H](NC(=O)CO/N=C1/C=C2CC[C@H]3[C@@H]4CC[C@H](O)[C@@]4(C)CC[C@@H]3[C@@]2(C)CC1)C(=O)O. The Bertz CT molecular complexity index is 854. The molecule has 0 unspecified atom stereocenters. The van der Waals surface area contributed by atoms with Crippen LogP contribution in [0.3, 0.4) is 0 Å². The van der Waals surface area contributed by atoms with E-state index in [0.29, 0.717) is 17.8 Å². The molecule has 4 aliphatic rings. The molecule has 8 atom stereocenters. The number of oxime groups is 1. The molecule has 33 heavy (non-hydrogen) atoms. The molecule has 0 aliphatic heterocycles. The summed E-state index contributed by atoms with van der Waals surface area (Å²) in [6, 6.07) is -1.38. The van der Waals surface area contributed by atoms with E-state index in [2.05, 4.69) is 30.4 Å². The number of aliphatic hydroxyl groups is 2. The Balaban J connectivity index is 1.39. The standard InChI is InChI=1S/C25H38N2O6/c1-14(28)22(23(31)32)26-21(30)13-33-27-16-8-10-24(2)15(12-16)4-5-17-18-6-7-20(29)25(18,3)11-9-19(17)24/h12,14,17-20,22,28-29H,4-11,13H2,1-3H3,(H,26,30)(H,31,32)/b27-16+/t14-,17-,18-,19-,20-,22-,24-,25-/m0/s1. The molecule has 184 valence electrons. The van der Waals surface area contributed by atoms with E-state index in [1.165, 1.54) is 18.9 Å². The Labute approximate surface area is 195 Å². The smallest absolute Gasteiger partial charge is 0.328 e. The third kappa shape index (κ3) is 4.32. The molecular formula is C25H38N2O6. The van der Waals surface area contributed by atoms with Crippen molar-refractivity contribution in [1.29, 1.82) is 0 Å². The van der Waals surface area contributed by atoms with Gasteiger partial charge in [-0.15, -0.1) is 0 Å². The minimum atomic E-state index is -1.38. The van der Waals surface area contributed by atoms with Crippen LogP contribution >= 0.6 is 0 Å². The molecule has 4 aliphatic carbocycles. The van der Waals surface area contributed by atoms with Gasteiger partial charge >= 0.3 is 5.97 Å². The van der Waals surface area contributed by atoms with Crippen LogP contribution in [0, 0.1) is 28.6 Å². The summed E-state index contributed by atoms with van der Waals surface area (Å²) in [5.74, 6) is 0.00935. The number of fused-ring (bicyclic) bond motifs is 5. The lowest BCUT2D eigenvalue weighted by molar-refractivity contribution is -0.145. The zero-order valence-electron chi connectivity index (χ0n) is 19.9. The number of nitrogens with one attached hydrogen (secondary N) is 1. The largest absolute Gasteiger partial charge is 0.480 e. The highest BCUT2D eigenvalue weighted by Crippen LogP contribution is 2.65. The molecule has 0 saturated heterocycles. The van der Waals surface area contributed by atoms with Crippen molar-refractivity contribution >= 4 is 17.6 Å². The number of nitrogens with zero attached hydrogens (tertiary/aromatic N) is 1. The van der Waals surface area contributed by atoms with E-state index in [9.17, 15) is 19.8 Å². The van der Waals surface area contributed by atoms with Gasteiger partial charge in [-0.1, -0.05) is 24.6 Å². The van der Waals surface area contributed by atoms with Gasteiger partial charge in [-0.25, -0.2) is 4.79 Å². The zero-order valence-corrected chi connectivity index (χ0v) is 19.9. The van der Waals surface area contributed by atoms with Crippen molar-refractivity contribution in [2.24, 2.45) is 33.7 Å². The normalized spacial score (nSPS) is 40.6. The summed E-state index contributed by atoms with van der Waals surface area (Å²) in [5.41, 5.74) is 2.47. The Morgan fingerprint density at radius 3 is 2.64 bits per heavy atom. The average molecular weight is 463 g/mol. The van der Waals surface area contributed by atoms with Crippen molar-refractivity contribution in [3.63, 3.8) is 0 Å². The number of amides is 1. The van der Waals surface area contributed by atoms with Crippen LogP contribution in [0.1, 0.15) is 72.1 Å². The summed E-state index contributed by atoms with van der Waals surface area (Å²) in [5, 5.41) is 35.5. The zero-order chi connectivity index (χ0) is 24.0. The first kappa shape index (κ1) is 24.2. The predicted octanol–water partition coefficient (Wildman–Crippen LogP) is 2.63. The van der Waals surface area contributed by atoms with Crippen molar-refractivity contribution in [1.82, 2.24) is 5.32 Å². The first-order chi connectivity index (χ1) is 15.6. The van der Waals surface area contributed by atoms with Crippen LogP contribution in [0.25, 0.3) is 0 Å². The van der Waals surface area contributed by atoms with E-state index in [-0.39, 0.29) is 16.9 Å². The lowest BCUT2D eigenvalue weighted by Crippen LogP contribution is -2.51. The molecule has 4 rings (SSSR count). The summed E-state index contributed by atoms with van der Waals surface area (Å²) in [6.45, 7) is 5.62. The highest BCUT2D eigenvalue weighted by atomic mass is 16.6. The van der Waals surface area contributed by atoms with Gasteiger partial charge in [0.05, 0.1) is 17.9 Å². The summed E-state index contributed by atoms with van der Waals surface area (Å²) < 4.78 is 0. The number of allylic oxidation sites excluding steroid dienone is 2. The van der Waals surface area contributed by atoms with Gasteiger partial charge < -0.3 is 25.5 Å². The Kier molecular flexibility index (Phi) is 6.62. The number of aliphatic hydroxyl groups excluding tert-OH is 2. The number of aliphatic carboxylic acids is 1. The lowest BCUT2D eigenvalue weighted by Gasteiger charge is -2.57. The number of carboxylic acid groups (broad SMARTS) is 1. The maximum atomic E-state index is 12.0. The third-order valence-electron chi connectivity index (χ3n) is 9.37. The first-order valence-electron chi connectivity index (χ1n) is 12.3. The van der Waals surface area contributed by atoms with Crippen LogP contribution in [-0.2, 0) is 14.4 Å². The molecule has 1 amide bonds. The van der Waals surface area contributed by atoms with Crippen molar-refractivity contribution in [2.75, 3.05) is 6.61 Å². The van der Waals surface area contributed by atoms with Crippen molar-refractivity contribution in [2.45, 2.75) is 90.4 Å². The predicted molar refractivity (Wildman–Crippen MR) is 122 cm³/mol. The molecule has 4 N–H and O–H groups in total. The van der Waals surface area contributed by atoms with Crippen LogP contribution in [0.2, 0.25) is 0 Å². The van der Waals surface area contributed by atoms with Gasteiger partial charge in [0.2, 0.25) is 0 Å². The van der Waals surface area contributed by atoms with Crippen molar-refractivity contribution < 1.29 is 29.7 Å². The van der Waals surface area contributed by atoms with Crippen molar-refractivity contribution in [3.05, 3.63) is 11.6 Å². The quantitative estimate of drug-likeness (QED) is 0.449. The fourth-order valence-corrected chi connectivity index (χ4v) is 7.39. The van der Waals surface area contributed by atoms with E-state index in [0.717, 1.165) is 50.7 Å². The Morgan fingerprint density at radius 1 is 1.18 bits per heavy atom.